The normalized spacial score (nSPS) is 15.1. The molecule has 1 aliphatic heterocycles. The molecule has 2 N–H and O–H groups in total. The van der Waals surface area contributed by atoms with Crippen molar-refractivity contribution in [3.8, 4) is 11.5 Å². The van der Waals surface area contributed by atoms with Crippen LogP contribution in [-0.2, 0) is 0 Å². The van der Waals surface area contributed by atoms with Gasteiger partial charge in [0.05, 0.1) is 0 Å². The lowest BCUT2D eigenvalue weighted by Gasteiger charge is -2.32. The molecule has 1 saturated heterocycles. The third kappa shape index (κ3) is 5.63. The fourth-order valence-corrected chi connectivity index (χ4v) is 3.10. The van der Waals surface area contributed by atoms with Gasteiger partial charge in [-0.2, -0.15) is 0 Å². The third-order valence-corrected chi connectivity index (χ3v) is 4.47. The molecule has 2 amide bonds. The summed E-state index contributed by atoms with van der Waals surface area (Å²) in [5.74, 6) is -0.904. The molecule has 0 aliphatic carbocycles. The molecule has 0 bridgehead atoms. The number of piperidine rings is 1. The first kappa shape index (κ1) is 20.5. The highest BCUT2D eigenvalue weighted by atomic mass is 19.4. The Hall–Kier alpha value is -3.23. The Bertz CT molecular complexity index is 893. The SMILES string of the molecule is NC(=O)c1cccc(C(=O)N2CCC(Oc3cccc(OC(F)(F)F)c3)CC2)c1. The van der Waals surface area contributed by atoms with Crippen LogP contribution in [0.15, 0.2) is 48.5 Å². The largest absolute Gasteiger partial charge is 0.573 e. The zero-order valence-corrected chi connectivity index (χ0v) is 15.3. The average Bonchev–Trinajstić information content (AvgIpc) is 2.67. The Morgan fingerprint density at radius 3 is 2.24 bits per heavy atom. The molecular formula is C20H19F3N2O4. The van der Waals surface area contributed by atoms with Crippen LogP contribution in [0.5, 0.6) is 11.5 Å². The van der Waals surface area contributed by atoms with Gasteiger partial charge in [-0.15, -0.1) is 13.2 Å². The van der Waals surface area contributed by atoms with Gasteiger partial charge in [-0.1, -0.05) is 12.1 Å². The number of nitrogens with zero attached hydrogens (tertiary/aromatic N) is 1. The Labute approximate surface area is 165 Å². The van der Waals surface area contributed by atoms with Crippen molar-refractivity contribution in [2.45, 2.75) is 25.3 Å². The van der Waals surface area contributed by atoms with Crippen molar-refractivity contribution < 1.29 is 32.2 Å². The number of halogens is 3. The second-order valence-electron chi connectivity index (χ2n) is 6.58. The molecule has 0 aromatic heterocycles. The number of likely N-dealkylation sites (tertiary alicyclic amines) is 1. The predicted octanol–water partition coefficient (Wildman–Crippen LogP) is 3.37. The van der Waals surface area contributed by atoms with Gasteiger partial charge in [0.25, 0.3) is 5.91 Å². The highest BCUT2D eigenvalue weighted by Crippen LogP contribution is 2.28. The Morgan fingerprint density at radius 1 is 0.966 bits per heavy atom. The van der Waals surface area contributed by atoms with Gasteiger partial charge in [-0.3, -0.25) is 9.59 Å². The standard InChI is InChI=1S/C20H19F3N2O4/c21-20(22,23)29-17-6-2-5-16(12-17)28-15-7-9-25(10-8-15)19(27)14-4-1-3-13(11-14)18(24)26/h1-6,11-12,15H,7-10H2,(H2,24,26). The highest BCUT2D eigenvalue weighted by molar-refractivity contribution is 5.99. The number of ether oxygens (including phenoxy) is 2. The second kappa shape index (κ2) is 8.42. The number of nitrogens with two attached hydrogens (primary N) is 1. The summed E-state index contributed by atoms with van der Waals surface area (Å²) in [7, 11) is 0. The lowest BCUT2D eigenvalue weighted by Crippen LogP contribution is -2.41. The van der Waals surface area contributed by atoms with Gasteiger partial charge in [0.1, 0.15) is 17.6 Å². The Morgan fingerprint density at radius 2 is 1.59 bits per heavy atom. The molecule has 3 rings (SSSR count). The first-order chi connectivity index (χ1) is 13.7. The summed E-state index contributed by atoms with van der Waals surface area (Å²) in [5, 5.41) is 0. The Kier molecular flexibility index (Phi) is 5.95. The van der Waals surface area contributed by atoms with Gasteiger partial charge in [-0.05, 0) is 30.3 Å². The number of primary amides is 1. The summed E-state index contributed by atoms with van der Waals surface area (Å²) in [6, 6.07) is 11.6. The molecule has 2 aromatic rings. The van der Waals surface area contributed by atoms with Crippen molar-refractivity contribution >= 4 is 11.8 Å². The molecule has 1 aliphatic rings. The maximum atomic E-state index is 12.6. The van der Waals surface area contributed by atoms with E-state index in [0.717, 1.165) is 0 Å². The summed E-state index contributed by atoms with van der Waals surface area (Å²) >= 11 is 0. The number of rotatable bonds is 5. The van der Waals surface area contributed by atoms with E-state index in [2.05, 4.69) is 4.74 Å². The molecule has 0 unspecified atom stereocenters. The highest BCUT2D eigenvalue weighted by Gasteiger charge is 2.31. The minimum Gasteiger partial charge on any atom is -0.490 e. The summed E-state index contributed by atoms with van der Waals surface area (Å²) in [6.45, 7) is 0.839. The summed E-state index contributed by atoms with van der Waals surface area (Å²) in [6.07, 6.45) is -3.97. The molecule has 9 heteroatoms. The van der Waals surface area contributed by atoms with E-state index in [0.29, 0.717) is 31.5 Å². The van der Waals surface area contributed by atoms with Crippen LogP contribution in [0.2, 0.25) is 0 Å². The van der Waals surface area contributed by atoms with Crippen LogP contribution in [0.1, 0.15) is 33.6 Å². The minimum atomic E-state index is -4.77. The van der Waals surface area contributed by atoms with E-state index in [-0.39, 0.29) is 29.1 Å². The number of alkyl halides is 3. The topological polar surface area (TPSA) is 81.9 Å². The molecule has 29 heavy (non-hydrogen) atoms. The number of benzene rings is 2. The minimum absolute atomic E-state index is 0.216. The van der Waals surface area contributed by atoms with Gasteiger partial charge in [0, 0.05) is 43.1 Å². The fraction of sp³-hybridized carbons (Fsp3) is 0.300. The molecule has 0 atom stereocenters. The first-order valence-electron chi connectivity index (χ1n) is 8.93. The van der Waals surface area contributed by atoms with Gasteiger partial charge in [0.2, 0.25) is 5.91 Å². The van der Waals surface area contributed by atoms with Crippen molar-refractivity contribution in [3.05, 3.63) is 59.7 Å². The van der Waals surface area contributed by atoms with Crippen LogP contribution >= 0.6 is 0 Å². The van der Waals surface area contributed by atoms with E-state index < -0.39 is 12.3 Å². The zero-order valence-electron chi connectivity index (χ0n) is 15.3. The maximum Gasteiger partial charge on any atom is 0.573 e. The van der Waals surface area contributed by atoms with Gasteiger partial charge in [0.15, 0.2) is 0 Å². The van der Waals surface area contributed by atoms with Crippen molar-refractivity contribution in [3.63, 3.8) is 0 Å². The van der Waals surface area contributed by atoms with Crippen LogP contribution < -0.4 is 15.2 Å². The van der Waals surface area contributed by atoms with Gasteiger partial charge >= 0.3 is 6.36 Å². The third-order valence-electron chi connectivity index (χ3n) is 4.47. The summed E-state index contributed by atoms with van der Waals surface area (Å²) < 4.78 is 46.6. The average molecular weight is 408 g/mol. The van der Waals surface area contributed by atoms with E-state index in [9.17, 15) is 22.8 Å². The molecule has 2 aromatic carbocycles. The van der Waals surface area contributed by atoms with E-state index in [4.69, 9.17) is 10.5 Å². The van der Waals surface area contributed by atoms with Crippen LogP contribution in [0.3, 0.4) is 0 Å². The number of hydrogen-bond donors (Lipinski definition) is 1. The van der Waals surface area contributed by atoms with E-state index in [1.165, 1.54) is 30.3 Å². The molecule has 0 spiro atoms. The lowest BCUT2D eigenvalue weighted by molar-refractivity contribution is -0.274. The van der Waals surface area contributed by atoms with E-state index in [1.807, 2.05) is 0 Å². The van der Waals surface area contributed by atoms with E-state index >= 15 is 0 Å². The molecular weight excluding hydrogens is 389 g/mol. The monoisotopic (exact) mass is 408 g/mol. The van der Waals surface area contributed by atoms with Crippen LogP contribution in [0, 0.1) is 0 Å². The van der Waals surface area contributed by atoms with Crippen molar-refractivity contribution in [2.24, 2.45) is 5.73 Å². The number of carbonyl (C=O) groups excluding carboxylic acids is 2. The molecule has 154 valence electrons. The molecule has 6 nitrogen and oxygen atoms in total. The molecule has 0 saturated carbocycles. The van der Waals surface area contributed by atoms with Gasteiger partial charge < -0.3 is 20.1 Å². The lowest BCUT2D eigenvalue weighted by atomic mass is 10.0. The molecule has 1 heterocycles. The predicted molar refractivity (Wildman–Crippen MR) is 97.6 cm³/mol. The zero-order chi connectivity index (χ0) is 21.0. The van der Waals surface area contributed by atoms with Crippen LogP contribution in [0.4, 0.5) is 13.2 Å². The summed E-state index contributed by atoms with van der Waals surface area (Å²) in [5.41, 5.74) is 5.88. The second-order valence-corrected chi connectivity index (χ2v) is 6.58. The maximum absolute atomic E-state index is 12.6. The number of amides is 2. The quantitative estimate of drug-likeness (QED) is 0.823. The fourth-order valence-electron chi connectivity index (χ4n) is 3.10. The van der Waals surface area contributed by atoms with Gasteiger partial charge in [-0.25, -0.2) is 0 Å². The summed E-state index contributed by atoms with van der Waals surface area (Å²) in [4.78, 5) is 25.5. The van der Waals surface area contributed by atoms with Crippen molar-refractivity contribution in [1.29, 1.82) is 0 Å². The smallest absolute Gasteiger partial charge is 0.490 e. The molecule has 0 radical (unpaired) electrons. The van der Waals surface area contributed by atoms with Crippen molar-refractivity contribution in [2.75, 3.05) is 13.1 Å². The number of carbonyl (C=O) groups is 2. The first-order valence-corrected chi connectivity index (χ1v) is 8.93. The van der Waals surface area contributed by atoms with Crippen LogP contribution in [-0.4, -0.2) is 42.3 Å². The molecule has 1 fully saturated rings. The van der Waals surface area contributed by atoms with Crippen molar-refractivity contribution in [1.82, 2.24) is 4.90 Å². The number of hydrogen-bond acceptors (Lipinski definition) is 4. The van der Waals surface area contributed by atoms with Crippen LogP contribution in [0.25, 0.3) is 0 Å². The Balaban J connectivity index is 1.57. The van der Waals surface area contributed by atoms with E-state index in [1.54, 1.807) is 23.1 Å².